The van der Waals surface area contributed by atoms with Gasteiger partial charge >= 0.3 is 17.1 Å². The third-order valence-corrected chi connectivity index (χ3v) is 1.49. The summed E-state index contributed by atoms with van der Waals surface area (Å²) in [6.07, 6.45) is 0. The van der Waals surface area contributed by atoms with Crippen LogP contribution >= 0.6 is 36.7 Å². The van der Waals surface area contributed by atoms with Gasteiger partial charge in [0.05, 0.1) is 19.8 Å². The average molecular weight is 419 g/mol. The van der Waals surface area contributed by atoms with Crippen LogP contribution in [-0.2, 0) is 69.2 Å². The van der Waals surface area contributed by atoms with Crippen molar-refractivity contribution in [1.82, 2.24) is 0 Å². The van der Waals surface area contributed by atoms with E-state index in [1.807, 2.05) is 20.8 Å². The third kappa shape index (κ3) is 55.2. The molecule has 0 aromatic rings. The van der Waals surface area contributed by atoms with Crippen molar-refractivity contribution in [1.29, 1.82) is 0 Å². The topological polar surface area (TPSA) is 27.7 Å². The molecule has 0 aromatic heterocycles. The molecular weight excluding hydrogens is 404 g/mol. The molecule has 0 spiro atoms. The maximum Gasteiger partial charge on any atom is 3.00 e. The molecule has 0 unspecified atom stereocenters. The van der Waals surface area contributed by atoms with Crippen molar-refractivity contribution in [3.05, 3.63) is 0 Å². The third-order valence-electron chi connectivity index (χ3n) is 0.787. The number of ether oxygens (including phenoxy) is 3. The maximum absolute atomic E-state index is 4.59. The Balaban J connectivity index is -0.0000000865. The standard InChI is InChI=1S/3C3H6OS2.Fe/c3*1-2-4-3(5)6;/h3*2H2,1H3,(H,5,6);/q;;;+3/p-3. The van der Waals surface area contributed by atoms with Gasteiger partial charge in [0, 0.05) is 13.1 Å². The maximum atomic E-state index is 4.59. The Labute approximate surface area is 158 Å². The first kappa shape index (κ1) is 28.1. The molecule has 0 atom stereocenters. The van der Waals surface area contributed by atoms with E-state index in [9.17, 15) is 0 Å². The average Bonchev–Trinajstić information content (AvgIpc) is 2.18. The van der Waals surface area contributed by atoms with Crippen molar-refractivity contribution < 1.29 is 31.3 Å². The van der Waals surface area contributed by atoms with Gasteiger partial charge in [0.25, 0.3) is 0 Å². The van der Waals surface area contributed by atoms with Crippen molar-refractivity contribution in [2.45, 2.75) is 20.8 Å². The molecule has 0 saturated carbocycles. The molecule has 0 fully saturated rings. The van der Waals surface area contributed by atoms with E-state index in [2.05, 4.69) is 88.8 Å². The molecule has 0 saturated heterocycles. The van der Waals surface area contributed by atoms with E-state index >= 15 is 0 Å². The van der Waals surface area contributed by atoms with E-state index in [4.69, 9.17) is 0 Å². The molecule has 0 aliphatic heterocycles. The zero-order chi connectivity index (χ0) is 15.0. The summed E-state index contributed by atoms with van der Waals surface area (Å²) < 4.78 is 14.4. The Kier molecular flexibility index (Phi) is 35.3. The van der Waals surface area contributed by atoms with Crippen LogP contribution in [0.4, 0.5) is 0 Å². The summed E-state index contributed by atoms with van der Waals surface area (Å²) >= 11 is 26.3. The van der Waals surface area contributed by atoms with Crippen molar-refractivity contribution in [3.8, 4) is 0 Å². The van der Waals surface area contributed by atoms with E-state index in [1.54, 1.807) is 0 Å². The van der Waals surface area contributed by atoms with E-state index in [0.29, 0.717) is 19.8 Å². The molecule has 0 bridgehead atoms. The molecular formula is C9H15FeO3S6. The van der Waals surface area contributed by atoms with E-state index < -0.39 is 0 Å². The van der Waals surface area contributed by atoms with Gasteiger partial charge in [0.2, 0.25) is 0 Å². The molecule has 0 aliphatic rings. The van der Waals surface area contributed by atoms with Gasteiger partial charge in [-0.3, -0.25) is 0 Å². The Morgan fingerprint density at radius 1 is 0.684 bits per heavy atom. The normalized spacial score (nSPS) is 7.11. The molecule has 0 amide bonds. The predicted molar refractivity (Wildman–Crippen MR) is 94.8 cm³/mol. The van der Waals surface area contributed by atoms with Crippen LogP contribution in [0, 0.1) is 0 Å². The summed E-state index contributed by atoms with van der Waals surface area (Å²) in [6, 6.07) is 0. The Morgan fingerprint density at radius 2 is 0.842 bits per heavy atom. The fourth-order valence-corrected chi connectivity index (χ4v) is 1.06. The first-order valence-corrected chi connectivity index (χ1v) is 7.27. The molecule has 0 N–H and O–H groups in total. The molecule has 0 rings (SSSR count). The monoisotopic (exact) mass is 419 g/mol. The SMILES string of the molecule is CCOC(=S)[S-].CCOC(=S)[S-].CCOC(=S)[S-].[Fe+3]. The van der Waals surface area contributed by atoms with Gasteiger partial charge < -0.3 is 88.8 Å². The van der Waals surface area contributed by atoms with Gasteiger partial charge in [0.15, 0.2) is 0 Å². The quantitative estimate of drug-likeness (QED) is 0.389. The number of hydrogen-bond acceptors (Lipinski definition) is 9. The van der Waals surface area contributed by atoms with E-state index in [0.717, 1.165) is 0 Å². The van der Waals surface area contributed by atoms with Gasteiger partial charge in [-0.25, -0.2) is 0 Å². The molecule has 113 valence electrons. The summed E-state index contributed by atoms with van der Waals surface area (Å²) in [6.45, 7) is 7.29. The van der Waals surface area contributed by atoms with E-state index in [-0.39, 0.29) is 30.2 Å². The van der Waals surface area contributed by atoms with Crippen molar-refractivity contribution in [2.24, 2.45) is 0 Å². The van der Waals surface area contributed by atoms with Crippen molar-refractivity contribution in [2.75, 3.05) is 19.8 Å². The minimum atomic E-state index is 0. The predicted octanol–water partition coefficient (Wildman–Crippen LogP) is 2.56. The Bertz CT molecular complexity index is 202. The van der Waals surface area contributed by atoms with Gasteiger partial charge in [0.1, 0.15) is 0 Å². The van der Waals surface area contributed by atoms with Crippen LogP contribution in [0.5, 0.6) is 0 Å². The molecule has 19 heavy (non-hydrogen) atoms. The van der Waals surface area contributed by atoms with Crippen LogP contribution in [0.1, 0.15) is 20.8 Å². The number of thiocarbonyl (C=S) groups is 3. The zero-order valence-electron chi connectivity index (χ0n) is 10.6. The van der Waals surface area contributed by atoms with Gasteiger partial charge in [-0.1, -0.05) is 0 Å². The molecule has 1 radical (unpaired) electrons. The minimum Gasteiger partial charge on any atom is -0.514 e. The summed E-state index contributed by atoms with van der Waals surface area (Å²) in [5.41, 5.74) is 0. The Hall–Kier alpha value is 0.849. The summed E-state index contributed by atoms with van der Waals surface area (Å²) in [5, 5.41) is 0. The molecule has 0 aromatic carbocycles. The Morgan fingerprint density at radius 3 is 0.842 bits per heavy atom. The fraction of sp³-hybridized carbons (Fsp3) is 0.667. The van der Waals surface area contributed by atoms with Crippen LogP contribution in [0.15, 0.2) is 0 Å². The summed E-state index contributed by atoms with van der Waals surface area (Å²) in [7, 11) is 0. The fourth-order valence-electron chi connectivity index (χ4n) is 0.354. The largest absolute Gasteiger partial charge is 3.00 e. The molecule has 0 heterocycles. The van der Waals surface area contributed by atoms with Crippen LogP contribution in [-0.4, -0.2) is 33.0 Å². The van der Waals surface area contributed by atoms with Gasteiger partial charge in [-0.05, 0) is 20.8 Å². The van der Waals surface area contributed by atoms with Crippen LogP contribution in [0.2, 0.25) is 0 Å². The van der Waals surface area contributed by atoms with E-state index in [1.165, 1.54) is 0 Å². The summed E-state index contributed by atoms with van der Waals surface area (Å²) in [4.78, 5) is 0. The molecule has 10 heteroatoms. The first-order valence-electron chi connectivity index (χ1n) is 4.82. The second kappa shape index (κ2) is 23.9. The molecule has 3 nitrogen and oxygen atoms in total. The second-order valence-electron chi connectivity index (χ2n) is 2.05. The first-order chi connectivity index (χ1) is 8.31. The van der Waals surface area contributed by atoms with Crippen LogP contribution in [0.3, 0.4) is 0 Å². The van der Waals surface area contributed by atoms with Crippen molar-refractivity contribution >= 4 is 87.7 Å². The van der Waals surface area contributed by atoms with Gasteiger partial charge in [-0.2, -0.15) is 0 Å². The zero-order valence-corrected chi connectivity index (χ0v) is 16.7. The minimum absolute atomic E-state index is 0. The molecule has 0 aliphatic carbocycles. The summed E-state index contributed by atoms with van der Waals surface area (Å²) in [5.74, 6) is 0. The van der Waals surface area contributed by atoms with Crippen molar-refractivity contribution in [3.63, 3.8) is 0 Å². The number of rotatable bonds is 3. The van der Waals surface area contributed by atoms with Gasteiger partial charge in [-0.15, -0.1) is 0 Å². The smallest absolute Gasteiger partial charge is 0.514 e. The second-order valence-corrected chi connectivity index (χ2v) is 5.05. The number of hydrogen-bond donors (Lipinski definition) is 0. The van der Waals surface area contributed by atoms with Crippen LogP contribution < -0.4 is 0 Å². The van der Waals surface area contributed by atoms with Crippen LogP contribution in [0.25, 0.3) is 0 Å².